The van der Waals surface area contributed by atoms with E-state index >= 15 is 0 Å². The Morgan fingerprint density at radius 2 is 2.14 bits per heavy atom. The summed E-state index contributed by atoms with van der Waals surface area (Å²) in [6.07, 6.45) is 1.73. The number of carboxylic acids is 1. The SMILES string of the molecule is COCCNC(=O)C(C)n1ccc2c(C(=O)O)cccc21. The third kappa shape index (κ3) is 3.05. The number of benzene rings is 1. The summed E-state index contributed by atoms with van der Waals surface area (Å²) < 4.78 is 6.66. The molecule has 112 valence electrons. The van der Waals surface area contributed by atoms with E-state index in [9.17, 15) is 14.7 Å². The summed E-state index contributed by atoms with van der Waals surface area (Å²) in [5, 5.41) is 12.6. The first-order chi connectivity index (χ1) is 10.1. The average Bonchev–Trinajstić information content (AvgIpc) is 2.90. The van der Waals surface area contributed by atoms with E-state index in [0.717, 1.165) is 5.52 Å². The fraction of sp³-hybridized carbons (Fsp3) is 0.333. The van der Waals surface area contributed by atoms with Crippen LogP contribution in [0.1, 0.15) is 23.3 Å². The van der Waals surface area contributed by atoms with E-state index in [0.29, 0.717) is 18.5 Å². The highest BCUT2D eigenvalue weighted by Crippen LogP contribution is 2.23. The number of carbonyl (C=O) groups is 2. The maximum Gasteiger partial charge on any atom is 0.336 e. The van der Waals surface area contributed by atoms with Gasteiger partial charge in [0, 0.05) is 30.8 Å². The quantitative estimate of drug-likeness (QED) is 0.793. The molecule has 0 aliphatic rings. The van der Waals surface area contributed by atoms with Gasteiger partial charge >= 0.3 is 5.97 Å². The lowest BCUT2D eigenvalue weighted by atomic mass is 10.1. The minimum absolute atomic E-state index is 0.134. The fourth-order valence-electron chi connectivity index (χ4n) is 2.26. The third-order valence-corrected chi connectivity index (χ3v) is 3.40. The predicted octanol–water partition coefficient (Wildman–Crippen LogP) is 1.66. The van der Waals surface area contributed by atoms with Crippen LogP contribution < -0.4 is 5.32 Å². The zero-order valence-corrected chi connectivity index (χ0v) is 12.0. The number of aromatic carboxylic acids is 1. The van der Waals surface area contributed by atoms with Gasteiger partial charge in [0.25, 0.3) is 0 Å². The van der Waals surface area contributed by atoms with Gasteiger partial charge in [-0.2, -0.15) is 0 Å². The highest BCUT2D eigenvalue weighted by molar-refractivity contribution is 6.03. The lowest BCUT2D eigenvalue weighted by molar-refractivity contribution is -0.123. The van der Waals surface area contributed by atoms with Crippen LogP contribution in [-0.2, 0) is 9.53 Å². The third-order valence-electron chi connectivity index (χ3n) is 3.40. The standard InChI is InChI=1S/C15H18N2O4/c1-10(14(18)16-7-9-21-2)17-8-6-11-12(15(19)20)4-3-5-13(11)17/h3-6,8,10H,7,9H2,1-2H3,(H,16,18)(H,19,20). The molecule has 0 spiro atoms. The molecule has 1 aromatic heterocycles. The lowest BCUT2D eigenvalue weighted by Crippen LogP contribution is -2.33. The number of nitrogens with one attached hydrogen (secondary N) is 1. The van der Waals surface area contributed by atoms with Crippen molar-refractivity contribution in [2.24, 2.45) is 0 Å². The van der Waals surface area contributed by atoms with Gasteiger partial charge in [0.1, 0.15) is 6.04 Å². The summed E-state index contributed by atoms with van der Waals surface area (Å²) in [5.41, 5.74) is 0.961. The number of nitrogens with zero attached hydrogens (tertiary/aromatic N) is 1. The van der Waals surface area contributed by atoms with E-state index < -0.39 is 12.0 Å². The van der Waals surface area contributed by atoms with Crippen LogP contribution in [0.4, 0.5) is 0 Å². The average molecular weight is 290 g/mol. The second kappa shape index (κ2) is 6.41. The highest BCUT2D eigenvalue weighted by Gasteiger charge is 2.18. The molecule has 2 rings (SSSR count). The Labute approximate surface area is 122 Å². The van der Waals surface area contributed by atoms with Crippen LogP contribution in [0.15, 0.2) is 30.5 Å². The number of methoxy groups -OCH3 is 1. The Morgan fingerprint density at radius 3 is 2.81 bits per heavy atom. The first kappa shape index (κ1) is 15.1. The molecule has 0 saturated carbocycles. The summed E-state index contributed by atoms with van der Waals surface area (Å²) in [6, 6.07) is 6.33. The van der Waals surface area contributed by atoms with E-state index in [1.807, 2.05) is 0 Å². The first-order valence-electron chi connectivity index (χ1n) is 6.65. The molecule has 2 N–H and O–H groups in total. The summed E-state index contributed by atoms with van der Waals surface area (Å²) in [7, 11) is 1.57. The summed E-state index contributed by atoms with van der Waals surface area (Å²) in [6.45, 7) is 2.67. The van der Waals surface area contributed by atoms with Gasteiger partial charge in [0.2, 0.25) is 5.91 Å². The number of ether oxygens (including phenoxy) is 1. The van der Waals surface area contributed by atoms with Crippen LogP contribution in [0, 0.1) is 0 Å². The number of hydrogen-bond donors (Lipinski definition) is 2. The zero-order valence-electron chi connectivity index (χ0n) is 12.0. The van der Waals surface area contributed by atoms with E-state index in [-0.39, 0.29) is 11.5 Å². The van der Waals surface area contributed by atoms with Gasteiger partial charge in [-0.15, -0.1) is 0 Å². The molecule has 0 fully saturated rings. The van der Waals surface area contributed by atoms with E-state index in [4.69, 9.17) is 4.74 Å². The molecule has 1 aromatic carbocycles. The minimum atomic E-state index is -0.976. The molecule has 0 bridgehead atoms. The highest BCUT2D eigenvalue weighted by atomic mass is 16.5. The van der Waals surface area contributed by atoms with Crippen molar-refractivity contribution in [1.82, 2.24) is 9.88 Å². The van der Waals surface area contributed by atoms with Gasteiger partial charge in [0.05, 0.1) is 12.2 Å². The topological polar surface area (TPSA) is 80.6 Å². The molecule has 1 amide bonds. The molecular weight excluding hydrogens is 272 g/mol. The summed E-state index contributed by atoms with van der Waals surface area (Å²) in [4.78, 5) is 23.3. The molecular formula is C15H18N2O4. The van der Waals surface area contributed by atoms with Crippen LogP contribution in [0.25, 0.3) is 10.9 Å². The van der Waals surface area contributed by atoms with Crippen molar-refractivity contribution in [2.75, 3.05) is 20.3 Å². The van der Waals surface area contributed by atoms with E-state index in [1.54, 1.807) is 49.1 Å². The number of aromatic nitrogens is 1. The van der Waals surface area contributed by atoms with E-state index in [1.165, 1.54) is 0 Å². The van der Waals surface area contributed by atoms with Crippen LogP contribution >= 0.6 is 0 Å². The van der Waals surface area contributed by atoms with Gasteiger partial charge in [-0.05, 0) is 25.1 Å². The molecule has 1 unspecified atom stereocenters. The number of hydrogen-bond acceptors (Lipinski definition) is 3. The van der Waals surface area contributed by atoms with Crippen molar-refractivity contribution in [1.29, 1.82) is 0 Å². The van der Waals surface area contributed by atoms with Crippen LogP contribution in [-0.4, -0.2) is 41.8 Å². The van der Waals surface area contributed by atoms with Crippen molar-refractivity contribution in [2.45, 2.75) is 13.0 Å². The molecule has 0 aliphatic heterocycles. The second-order valence-electron chi connectivity index (χ2n) is 4.73. The van der Waals surface area contributed by atoms with Crippen molar-refractivity contribution in [3.8, 4) is 0 Å². The van der Waals surface area contributed by atoms with Crippen molar-refractivity contribution < 1.29 is 19.4 Å². The molecule has 6 nitrogen and oxygen atoms in total. The Bertz CT molecular complexity index is 663. The van der Waals surface area contributed by atoms with Crippen LogP contribution in [0.2, 0.25) is 0 Å². The number of rotatable bonds is 6. The Balaban J connectivity index is 2.28. The number of fused-ring (bicyclic) bond motifs is 1. The number of carboxylic acid groups (broad SMARTS) is 1. The molecule has 0 saturated heterocycles. The Morgan fingerprint density at radius 1 is 1.38 bits per heavy atom. The predicted molar refractivity (Wildman–Crippen MR) is 78.5 cm³/mol. The fourth-order valence-corrected chi connectivity index (χ4v) is 2.26. The van der Waals surface area contributed by atoms with Crippen LogP contribution in [0.3, 0.4) is 0 Å². The largest absolute Gasteiger partial charge is 0.478 e. The van der Waals surface area contributed by atoms with Crippen molar-refractivity contribution in [3.63, 3.8) is 0 Å². The van der Waals surface area contributed by atoms with Gasteiger partial charge in [-0.25, -0.2) is 4.79 Å². The zero-order chi connectivity index (χ0) is 15.4. The normalized spacial score (nSPS) is 12.3. The number of carbonyl (C=O) groups excluding carboxylic acids is 1. The lowest BCUT2D eigenvalue weighted by Gasteiger charge is -2.15. The Hall–Kier alpha value is -2.34. The Kier molecular flexibility index (Phi) is 4.59. The molecule has 1 atom stereocenters. The smallest absolute Gasteiger partial charge is 0.336 e. The molecule has 0 aliphatic carbocycles. The second-order valence-corrected chi connectivity index (χ2v) is 4.73. The molecule has 1 heterocycles. The molecule has 21 heavy (non-hydrogen) atoms. The monoisotopic (exact) mass is 290 g/mol. The van der Waals surface area contributed by atoms with Crippen LogP contribution in [0.5, 0.6) is 0 Å². The summed E-state index contributed by atoms with van der Waals surface area (Å²) in [5.74, 6) is -1.11. The molecule has 0 radical (unpaired) electrons. The molecule has 6 heteroatoms. The maximum absolute atomic E-state index is 12.1. The van der Waals surface area contributed by atoms with Crippen molar-refractivity contribution >= 4 is 22.8 Å². The van der Waals surface area contributed by atoms with Gasteiger partial charge in [-0.1, -0.05) is 6.07 Å². The van der Waals surface area contributed by atoms with Crippen molar-refractivity contribution in [3.05, 3.63) is 36.0 Å². The molecule has 2 aromatic rings. The summed E-state index contributed by atoms with van der Waals surface area (Å²) >= 11 is 0. The van der Waals surface area contributed by atoms with E-state index in [2.05, 4.69) is 5.32 Å². The maximum atomic E-state index is 12.1. The van der Waals surface area contributed by atoms with Gasteiger partial charge in [0.15, 0.2) is 0 Å². The number of amides is 1. The van der Waals surface area contributed by atoms with Gasteiger partial charge in [-0.3, -0.25) is 4.79 Å². The first-order valence-corrected chi connectivity index (χ1v) is 6.65. The minimum Gasteiger partial charge on any atom is -0.478 e. The van der Waals surface area contributed by atoms with Gasteiger partial charge < -0.3 is 19.7 Å².